The molecule has 27 heavy (non-hydrogen) atoms. The van der Waals surface area contributed by atoms with Gasteiger partial charge in [-0.15, -0.1) is 0 Å². The van der Waals surface area contributed by atoms with E-state index in [0.717, 1.165) is 11.3 Å². The quantitative estimate of drug-likeness (QED) is 0.626. The highest BCUT2D eigenvalue weighted by atomic mass is 32.1. The van der Waals surface area contributed by atoms with Gasteiger partial charge in [-0.3, -0.25) is 10.1 Å². The molecular weight excluding hydrogens is 372 g/mol. The Morgan fingerprint density at radius 1 is 1.19 bits per heavy atom. The maximum Gasteiger partial charge on any atom is 0.319 e. The molecule has 3 amide bonds. The molecular formula is C14H20N10O2S. The van der Waals surface area contributed by atoms with Gasteiger partial charge in [0.15, 0.2) is 5.13 Å². The molecule has 1 fully saturated rings. The summed E-state index contributed by atoms with van der Waals surface area (Å²) in [5.41, 5.74) is 11.0. The standard InChI is InChI=1S/C14H20N10O2S/c1-22(2)14(26)24-5-3-23(4-6-24)12-19-10(16)18-11(20-12)21-13-17-7-8(27-13)9(15)25/h7H,3-6H2,1-2H3,(H2,15,25)(H3,16,17,18,19,20,21). The van der Waals surface area contributed by atoms with Gasteiger partial charge in [-0.1, -0.05) is 11.3 Å². The fourth-order valence-corrected chi connectivity index (χ4v) is 3.16. The lowest BCUT2D eigenvalue weighted by atomic mass is 10.3. The minimum Gasteiger partial charge on any atom is -0.368 e. The first-order valence-electron chi connectivity index (χ1n) is 8.09. The van der Waals surface area contributed by atoms with Crippen LogP contribution in [0, 0.1) is 0 Å². The second-order valence-electron chi connectivity index (χ2n) is 5.99. The Hall–Kier alpha value is -3.22. The number of aromatic nitrogens is 4. The number of nitrogens with zero attached hydrogens (tertiary/aromatic N) is 7. The summed E-state index contributed by atoms with van der Waals surface area (Å²) in [5.74, 6) is 0.130. The van der Waals surface area contributed by atoms with E-state index in [1.54, 1.807) is 23.9 Å². The summed E-state index contributed by atoms with van der Waals surface area (Å²) in [6.45, 7) is 2.26. The first-order chi connectivity index (χ1) is 12.8. The van der Waals surface area contributed by atoms with Crippen molar-refractivity contribution in [2.45, 2.75) is 0 Å². The third-order valence-electron chi connectivity index (χ3n) is 3.82. The largest absolute Gasteiger partial charge is 0.368 e. The minimum atomic E-state index is -0.554. The van der Waals surface area contributed by atoms with Crippen LogP contribution in [0.3, 0.4) is 0 Å². The molecule has 0 aliphatic carbocycles. The molecule has 0 radical (unpaired) electrons. The molecule has 2 aromatic rings. The van der Waals surface area contributed by atoms with Gasteiger partial charge in [-0.2, -0.15) is 15.0 Å². The van der Waals surface area contributed by atoms with Crippen LogP contribution < -0.4 is 21.7 Å². The van der Waals surface area contributed by atoms with E-state index in [0.29, 0.717) is 42.1 Å². The second-order valence-corrected chi connectivity index (χ2v) is 7.02. The predicted octanol–water partition coefficient (Wildman–Crippen LogP) is -0.444. The Morgan fingerprint density at radius 3 is 2.48 bits per heavy atom. The maximum absolute atomic E-state index is 12.0. The van der Waals surface area contributed by atoms with E-state index in [2.05, 4.69) is 25.3 Å². The highest BCUT2D eigenvalue weighted by Crippen LogP contribution is 2.22. The van der Waals surface area contributed by atoms with E-state index < -0.39 is 5.91 Å². The predicted molar refractivity (Wildman–Crippen MR) is 101 cm³/mol. The van der Waals surface area contributed by atoms with Gasteiger partial charge in [0.05, 0.1) is 6.20 Å². The number of thiazole rings is 1. The first-order valence-corrected chi connectivity index (χ1v) is 8.90. The number of amides is 3. The molecule has 0 bridgehead atoms. The topological polar surface area (TPSA) is 159 Å². The summed E-state index contributed by atoms with van der Waals surface area (Å²) in [4.78, 5) is 45.4. The molecule has 0 spiro atoms. The number of rotatable bonds is 4. The number of nitrogens with two attached hydrogens (primary N) is 2. The van der Waals surface area contributed by atoms with Gasteiger partial charge in [0.25, 0.3) is 5.91 Å². The smallest absolute Gasteiger partial charge is 0.319 e. The molecule has 3 rings (SSSR count). The number of carbonyl (C=O) groups excluding carboxylic acids is 2. The van der Waals surface area contributed by atoms with Crippen molar-refractivity contribution in [1.82, 2.24) is 29.7 Å². The summed E-state index contributed by atoms with van der Waals surface area (Å²) in [7, 11) is 3.45. The Labute approximate surface area is 159 Å². The summed E-state index contributed by atoms with van der Waals surface area (Å²) in [5, 5.41) is 3.32. The normalized spacial score (nSPS) is 14.1. The molecule has 12 nitrogen and oxygen atoms in total. The van der Waals surface area contributed by atoms with Crippen molar-refractivity contribution < 1.29 is 9.59 Å². The lowest BCUT2D eigenvalue weighted by molar-refractivity contribution is 0.100. The van der Waals surface area contributed by atoms with Crippen LogP contribution in [0.25, 0.3) is 0 Å². The summed E-state index contributed by atoms with van der Waals surface area (Å²) >= 11 is 1.09. The zero-order valence-electron chi connectivity index (χ0n) is 14.9. The van der Waals surface area contributed by atoms with E-state index >= 15 is 0 Å². The highest BCUT2D eigenvalue weighted by Gasteiger charge is 2.24. The van der Waals surface area contributed by atoms with Crippen molar-refractivity contribution in [1.29, 1.82) is 0 Å². The lowest BCUT2D eigenvalue weighted by Gasteiger charge is -2.35. The fraction of sp³-hybridized carbons (Fsp3) is 0.429. The molecule has 1 aliphatic heterocycles. The number of primary amides is 1. The highest BCUT2D eigenvalue weighted by molar-refractivity contribution is 7.17. The third-order valence-corrected chi connectivity index (χ3v) is 4.75. The van der Waals surface area contributed by atoms with Crippen LogP contribution in [-0.4, -0.2) is 81.9 Å². The molecule has 144 valence electrons. The lowest BCUT2D eigenvalue weighted by Crippen LogP contribution is -2.52. The van der Waals surface area contributed by atoms with E-state index in [-0.39, 0.29) is 17.9 Å². The number of carbonyl (C=O) groups is 2. The number of hydrogen-bond donors (Lipinski definition) is 3. The zero-order valence-corrected chi connectivity index (χ0v) is 15.7. The molecule has 2 aromatic heterocycles. The molecule has 13 heteroatoms. The SMILES string of the molecule is CN(C)C(=O)N1CCN(c2nc(N)nc(Nc3ncc(C(N)=O)s3)n2)CC1. The van der Waals surface area contributed by atoms with Crippen LogP contribution in [0.4, 0.5) is 27.8 Å². The summed E-state index contributed by atoms with van der Waals surface area (Å²) < 4.78 is 0. The number of nitrogen functional groups attached to an aromatic ring is 1. The minimum absolute atomic E-state index is 0.0267. The van der Waals surface area contributed by atoms with Crippen molar-refractivity contribution in [3.05, 3.63) is 11.1 Å². The summed E-state index contributed by atoms with van der Waals surface area (Å²) in [6.07, 6.45) is 1.38. The van der Waals surface area contributed by atoms with E-state index in [9.17, 15) is 9.59 Å². The van der Waals surface area contributed by atoms with Crippen molar-refractivity contribution in [3.8, 4) is 0 Å². The Morgan fingerprint density at radius 2 is 1.89 bits per heavy atom. The van der Waals surface area contributed by atoms with Gasteiger partial charge < -0.3 is 26.2 Å². The van der Waals surface area contributed by atoms with Crippen LogP contribution in [-0.2, 0) is 0 Å². The van der Waals surface area contributed by atoms with Gasteiger partial charge in [0.1, 0.15) is 4.88 Å². The monoisotopic (exact) mass is 392 g/mol. The Kier molecular flexibility index (Phi) is 5.21. The average molecular weight is 392 g/mol. The number of nitrogens with one attached hydrogen (secondary N) is 1. The van der Waals surface area contributed by atoms with Gasteiger partial charge in [0.2, 0.25) is 17.8 Å². The molecule has 0 unspecified atom stereocenters. The molecule has 1 aliphatic rings. The molecule has 0 saturated carbocycles. The average Bonchev–Trinajstić information content (AvgIpc) is 3.09. The Balaban J connectivity index is 1.70. The van der Waals surface area contributed by atoms with Gasteiger partial charge in [-0.25, -0.2) is 9.78 Å². The van der Waals surface area contributed by atoms with Crippen LogP contribution in [0.5, 0.6) is 0 Å². The summed E-state index contributed by atoms with van der Waals surface area (Å²) in [6, 6.07) is -0.0267. The zero-order chi connectivity index (χ0) is 19.6. The van der Waals surface area contributed by atoms with Crippen molar-refractivity contribution in [2.24, 2.45) is 5.73 Å². The van der Waals surface area contributed by atoms with E-state index in [1.807, 2.05) is 4.90 Å². The van der Waals surface area contributed by atoms with Crippen LogP contribution in [0.15, 0.2) is 6.20 Å². The molecule has 0 atom stereocenters. The van der Waals surface area contributed by atoms with Gasteiger partial charge in [-0.05, 0) is 0 Å². The molecule has 1 saturated heterocycles. The van der Waals surface area contributed by atoms with Crippen molar-refractivity contribution >= 4 is 46.3 Å². The van der Waals surface area contributed by atoms with Crippen LogP contribution in [0.2, 0.25) is 0 Å². The van der Waals surface area contributed by atoms with Crippen LogP contribution >= 0.6 is 11.3 Å². The maximum atomic E-state index is 12.0. The fourth-order valence-electron chi connectivity index (χ4n) is 2.50. The number of hydrogen-bond acceptors (Lipinski definition) is 10. The molecule has 5 N–H and O–H groups in total. The first kappa shape index (κ1) is 18.6. The van der Waals surface area contributed by atoms with Crippen LogP contribution in [0.1, 0.15) is 9.67 Å². The van der Waals surface area contributed by atoms with Crippen molar-refractivity contribution in [2.75, 3.05) is 56.2 Å². The third kappa shape index (κ3) is 4.31. The van der Waals surface area contributed by atoms with Crippen molar-refractivity contribution in [3.63, 3.8) is 0 Å². The number of anilines is 4. The number of piperazine rings is 1. The number of urea groups is 1. The van der Waals surface area contributed by atoms with E-state index in [1.165, 1.54) is 6.20 Å². The molecule has 0 aromatic carbocycles. The van der Waals surface area contributed by atoms with Gasteiger partial charge >= 0.3 is 6.03 Å². The van der Waals surface area contributed by atoms with E-state index in [4.69, 9.17) is 11.5 Å². The van der Waals surface area contributed by atoms with Gasteiger partial charge in [0, 0.05) is 40.3 Å². The second kappa shape index (κ2) is 7.57. The Bertz CT molecular complexity index is 846. The molecule has 3 heterocycles.